The van der Waals surface area contributed by atoms with Gasteiger partial charge in [-0.2, -0.15) is 0 Å². The standard InChI is InChI=1S/C16H16N6O3/c1-2-17-16(25)22-10-5-3-4-9(6-10)21-14(23)11-7-18-13-12(11)15(24)20-8-19-13/h3-8H,2H2,1H3,(H,21,23)(H2,17,22,25)(H2,18,19,20,24). The van der Waals surface area contributed by atoms with E-state index in [2.05, 4.69) is 30.9 Å². The van der Waals surface area contributed by atoms with E-state index in [-0.39, 0.29) is 17.0 Å². The van der Waals surface area contributed by atoms with Gasteiger partial charge in [-0.05, 0) is 25.1 Å². The van der Waals surface area contributed by atoms with Crippen molar-refractivity contribution in [3.63, 3.8) is 0 Å². The summed E-state index contributed by atoms with van der Waals surface area (Å²) >= 11 is 0. The van der Waals surface area contributed by atoms with Crippen LogP contribution in [-0.2, 0) is 0 Å². The maximum atomic E-state index is 12.5. The number of aromatic nitrogens is 3. The summed E-state index contributed by atoms with van der Waals surface area (Å²) < 4.78 is 0. The number of carbonyl (C=O) groups excluding carboxylic acids is 2. The van der Waals surface area contributed by atoms with Crippen molar-refractivity contribution in [3.8, 4) is 0 Å². The first-order valence-electron chi connectivity index (χ1n) is 7.59. The fourth-order valence-electron chi connectivity index (χ4n) is 2.36. The van der Waals surface area contributed by atoms with Gasteiger partial charge in [0.2, 0.25) is 0 Å². The van der Waals surface area contributed by atoms with Crippen LogP contribution in [0.25, 0.3) is 11.0 Å². The number of hydrogen-bond acceptors (Lipinski definition) is 4. The van der Waals surface area contributed by atoms with Gasteiger partial charge in [0.1, 0.15) is 5.65 Å². The van der Waals surface area contributed by atoms with Crippen LogP contribution in [-0.4, -0.2) is 33.4 Å². The molecular weight excluding hydrogens is 324 g/mol. The maximum absolute atomic E-state index is 12.5. The van der Waals surface area contributed by atoms with E-state index >= 15 is 0 Å². The minimum atomic E-state index is -0.458. The van der Waals surface area contributed by atoms with Crippen LogP contribution in [0.2, 0.25) is 0 Å². The first kappa shape index (κ1) is 16.2. The highest BCUT2D eigenvalue weighted by Crippen LogP contribution is 2.18. The van der Waals surface area contributed by atoms with Gasteiger partial charge in [-0.1, -0.05) is 6.07 Å². The molecule has 9 heteroatoms. The molecular formula is C16H16N6O3. The SMILES string of the molecule is CCNC(=O)Nc1cccc(NC(=O)c2c[nH]c3nc[nH]c(=O)c23)c1. The van der Waals surface area contributed by atoms with Crippen LogP contribution >= 0.6 is 0 Å². The predicted octanol–water partition coefficient (Wildman–Crippen LogP) is 1.64. The Balaban J connectivity index is 1.81. The Bertz CT molecular complexity index is 991. The molecule has 128 valence electrons. The van der Waals surface area contributed by atoms with E-state index in [4.69, 9.17) is 0 Å². The summed E-state index contributed by atoms with van der Waals surface area (Å²) in [5.41, 5.74) is 1.13. The average Bonchev–Trinajstić information content (AvgIpc) is 3.01. The Kier molecular flexibility index (Phi) is 4.46. The molecule has 0 spiro atoms. The number of carbonyl (C=O) groups is 2. The van der Waals surface area contributed by atoms with E-state index in [9.17, 15) is 14.4 Å². The topological polar surface area (TPSA) is 132 Å². The lowest BCUT2D eigenvalue weighted by Gasteiger charge is -2.09. The van der Waals surface area contributed by atoms with E-state index in [1.165, 1.54) is 12.5 Å². The highest BCUT2D eigenvalue weighted by atomic mass is 16.2. The molecule has 9 nitrogen and oxygen atoms in total. The predicted molar refractivity (Wildman–Crippen MR) is 93.8 cm³/mol. The van der Waals surface area contributed by atoms with Crippen LogP contribution in [0, 0.1) is 0 Å². The third kappa shape index (κ3) is 3.50. The summed E-state index contributed by atoms with van der Waals surface area (Å²) in [5.74, 6) is -0.458. The summed E-state index contributed by atoms with van der Waals surface area (Å²) in [6, 6.07) is 6.36. The lowest BCUT2D eigenvalue weighted by molar-refractivity contribution is 0.102. The molecule has 2 heterocycles. The highest BCUT2D eigenvalue weighted by Gasteiger charge is 2.16. The number of benzene rings is 1. The van der Waals surface area contributed by atoms with Gasteiger partial charge in [-0.15, -0.1) is 0 Å². The van der Waals surface area contributed by atoms with Crippen molar-refractivity contribution >= 4 is 34.3 Å². The molecule has 1 aromatic carbocycles. The molecule has 25 heavy (non-hydrogen) atoms. The summed E-state index contributed by atoms with van der Waals surface area (Å²) in [6.45, 7) is 2.32. The number of nitrogens with zero attached hydrogens (tertiary/aromatic N) is 1. The van der Waals surface area contributed by atoms with Crippen LogP contribution in [0.3, 0.4) is 0 Å². The van der Waals surface area contributed by atoms with E-state index in [0.717, 1.165) is 0 Å². The number of urea groups is 1. The molecule has 5 N–H and O–H groups in total. The number of H-pyrrole nitrogens is 2. The molecule has 0 fully saturated rings. The molecule has 0 aliphatic heterocycles. The molecule has 0 atom stereocenters. The van der Waals surface area contributed by atoms with Crippen molar-refractivity contribution in [1.29, 1.82) is 0 Å². The van der Waals surface area contributed by atoms with Crippen molar-refractivity contribution in [2.75, 3.05) is 17.2 Å². The molecule has 0 unspecified atom stereocenters. The number of amides is 3. The monoisotopic (exact) mass is 340 g/mol. The van der Waals surface area contributed by atoms with Crippen molar-refractivity contribution in [3.05, 3.63) is 52.7 Å². The zero-order chi connectivity index (χ0) is 17.8. The molecule has 0 aliphatic rings. The minimum absolute atomic E-state index is 0.187. The summed E-state index contributed by atoms with van der Waals surface area (Å²) in [7, 11) is 0. The first-order chi connectivity index (χ1) is 12.1. The van der Waals surface area contributed by atoms with Crippen LogP contribution in [0.5, 0.6) is 0 Å². The minimum Gasteiger partial charge on any atom is -0.345 e. The zero-order valence-corrected chi connectivity index (χ0v) is 13.3. The number of fused-ring (bicyclic) bond motifs is 1. The Morgan fingerprint density at radius 3 is 2.68 bits per heavy atom. The Labute approximate surface area is 141 Å². The van der Waals surface area contributed by atoms with Gasteiger partial charge in [0.15, 0.2) is 0 Å². The highest BCUT2D eigenvalue weighted by molar-refractivity contribution is 6.12. The number of hydrogen-bond donors (Lipinski definition) is 5. The fraction of sp³-hybridized carbons (Fsp3) is 0.125. The molecule has 0 saturated heterocycles. The Hall–Kier alpha value is -3.62. The number of aromatic amines is 2. The fourth-order valence-corrected chi connectivity index (χ4v) is 2.36. The number of anilines is 2. The van der Waals surface area contributed by atoms with Gasteiger partial charge >= 0.3 is 6.03 Å². The quantitative estimate of drug-likeness (QED) is 0.494. The van der Waals surface area contributed by atoms with E-state index in [1.807, 2.05) is 6.92 Å². The summed E-state index contributed by atoms with van der Waals surface area (Å²) in [5, 5.41) is 8.16. The van der Waals surface area contributed by atoms with Gasteiger partial charge < -0.3 is 25.9 Å². The maximum Gasteiger partial charge on any atom is 0.319 e. The van der Waals surface area contributed by atoms with Gasteiger partial charge in [-0.3, -0.25) is 9.59 Å². The van der Waals surface area contributed by atoms with E-state index < -0.39 is 11.5 Å². The summed E-state index contributed by atoms with van der Waals surface area (Å²) in [4.78, 5) is 45.1. The van der Waals surface area contributed by atoms with Crippen molar-refractivity contribution < 1.29 is 9.59 Å². The molecule has 2 aromatic heterocycles. The third-order valence-electron chi connectivity index (χ3n) is 3.44. The molecule has 3 aromatic rings. The van der Waals surface area contributed by atoms with Crippen LogP contribution in [0.15, 0.2) is 41.6 Å². The van der Waals surface area contributed by atoms with Crippen LogP contribution < -0.4 is 21.5 Å². The third-order valence-corrected chi connectivity index (χ3v) is 3.44. The summed E-state index contributed by atoms with van der Waals surface area (Å²) in [6.07, 6.45) is 2.69. The Morgan fingerprint density at radius 2 is 1.92 bits per heavy atom. The van der Waals surface area contributed by atoms with Crippen molar-refractivity contribution in [1.82, 2.24) is 20.3 Å². The zero-order valence-electron chi connectivity index (χ0n) is 13.3. The molecule has 3 rings (SSSR count). The number of rotatable bonds is 4. The first-order valence-corrected chi connectivity index (χ1v) is 7.59. The molecule has 0 radical (unpaired) electrons. The van der Waals surface area contributed by atoms with Crippen LogP contribution in [0.1, 0.15) is 17.3 Å². The lowest BCUT2D eigenvalue weighted by atomic mass is 10.2. The Morgan fingerprint density at radius 1 is 1.16 bits per heavy atom. The lowest BCUT2D eigenvalue weighted by Crippen LogP contribution is -2.28. The van der Waals surface area contributed by atoms with Crippen LogP contribution in [0.4, 0.5) is 16.2 Å². The van der Waals surface area contributed by atoms with Gasteiger partial charge in [0.05, 0.1) is 17.3 Å². The normalized spacial score (nSPS) is 10.4. The van der Waals surface area contributed by atoms with E-state index in [1.54, 1.807) is 24.3 Å². The van der Waals surface area contributed by atoms with Crippen molar-refractivity contribution in [2.24, 2.45) is 0 Å². The second-order valence-corrected chi connectivity index (χ2v) is 5.18. The molecule has 0 saturated carbocycles. The number of nitrogens with one attached hydrogen (secondary N) is 5. The van der Waals surface area contributed by atoms with E-state index in [0.29, 0.717) is 23.6 Å². The van der Waals surface area contributed by atoms with Gasteiger partial charge in [0, 0.05) is 24.1 Å². The molecule has 0 aliphatic carbocycles. The van der Waals surface area contributed by atoms with Crippen molar-refractivity contribution in [2.45, 2.75) is 6.92 Å². The molecule has 3 amide bonds. The van der Waals surface area contributed by atoms with Gasteiger partial charge in [0.25, 0.3) is 11.5 Å². The largest absolute Gasteiger partial charge is 0.345 e. The molecule has 0 bridgehead atoms. The van der Waals surface area contributed by atoms with Gasteiger partial charge in [-0.25, -0.2) is 9.78 Å². The second-order valence-electron chi connectivity index (χ2n) is 5.18. The average molecular weight is 340 g/mol. The second kappa shape index (κ2) is 6.87. The smallest absolute Gasteiger partial charge is 0.319 e.